The predicted molar refractivity (Wildman–Crippen MR) is 117 cm³/mol. The van der Waals surface area contributed by atoms with Crippen LogP contribution in [-0.4, -0.2) is 48.9 Å². The number of likely N-dealkylation sites (tertiary alicyclic amines) is 1. The monoisotopic (exact) mass is 439 g/mol. The minimum atomic E-state index is -0.636. The van der Waals surface area contributed by atoms with E-state index in [1.54, 1.807) is 47.4 Å². The lowest BCUT2D eigenvalue weighted by molar-refractivity contribution is -0.128. The Kier molecular flexibility index (Phi) is 7.43. The van der Waals surface area contributed by atoms with E-state index in [2.05, 4.69) is 10.6 Å². The molecule has 0 spiro atoms. The third-order valence-corrected chi connectivity index (χ3v) is 4.86. The molecule has 1 saturated heterocycles. The number of carbonyl (C=O) groups is 4. The summed E-state index contributed by atoms with van der Waals surface area (Å²) in [6, 6.07) is 11.5. The molecule has 1 heterocycles. The number of benzene rings is 2. The first-order valence-corrected chi connectivity index (χ1v) is 10.1. The number of amides is 3. The largest absolute Gasteiger partial charge is 0.495 e. The van der Waals surface area contributed by atoms with Gasteiger partial charge < -0.3 is 25.0 Å². The van der Waals surface area contributed by atoms with Crippen molar-refractivity contribution < 1.29 is 28.7 Å². The molecule has 0 radical (unpaired) electrons. The van der Waals surface area contributed by atoms with Gasteiger partial charge in [0, 0.05) is 32.1 Å². The van der Waals surface area contributed by atoms with Crippen molar-refractivity contribution in [1.82, 2.24) is 4.90 Å². The van der Waals surface area contributed by atoms with Gasteiger partial charge in [-0.15, -0.1) is 0 Å². The molecule has 9 nitrogen and oxygen atoms in total. The van der Waals surface area contributed by atoms with Gasteiger partial charge in [0.25, 0.3) is 5.91 Å². The van der Waals surface area contributed by atoms with Crippen LogP contribution in [0.2, 0.25) is 0 Å². The molecule has 3 rings (SSSR count). The SMILES string of the molecule is COc1ccc(NC(C)=O)cc1NC(=O)COC(=O)c1ccc(CN2CCCC2=O)cc1. The Balaban J connectivity index is 1.54. The fourth-order valence-electron chi connectivity index (χ4n) is 3.33. The summed E-state index contributed by atoms with van der Waals surface area (Å²) < 4.78 is 10.3. The molecule has 9 heteroatoms. The van der Waals surface area contributed by atoms with Crippen LogP contribution >= 0.6 is 0 Å². The average Bonchev–Trinajstić information content (AvgIpc) is 3.16. The number of hydrogen-bond donors (Lipinski definition) is 2. The van der Waals surface area contributed by atoms with Crippen LogP contribution in [0.4, 0.5) is 11.4 Å². The van der Waals surface area contributed by atoms with Crippen molar-refractivity contribution in [2.75, 3.05) is 30.9 Å². The Hall–Kier alpha value is -3.88. The summed E-state index contributed by atoms with van der Waals surface area (Å²) in [5.41, 5.74) is 2.04. The van der Waals surface area contributed by atoms with Gasteiger partial charge in [0.15, 0.2) is 6.61 Å². The number of anilines is 2. The van der Waals surface area contributed by atoms with Crippen LogP contribution in [0.1, 0.15) is 35.7 Å². The van der Waals surface area contributed by atoms with Crippen LogP contribution in [0.15, 0.2) is 42.5 Å². The Morgan fingerprint density at radius 1 is 1.06 bits per heavy atom. The van der Waals surface area contributed by atoms with E-state index in [0.29, 0.717) is 35.7 Å². The highest BCUT2D eigenvalue weighted by Gasteiger charge is 2.20. The van der Waals surface area contributed by atoms with Gasteiger partial charge in [-0.3, -0.25) is 14.4 Å². The van der Waals surface area contributed by atoms with Gasteiger partial charge in [-0.05, 0) is 42.3 Å². The van der Waals surface area contributed by atoms with Crippen molar-refractivity contribution in [3.8, 4) is 5.75 Å². The molecule has 32 heavy (non-hydrogen) atoms. The second-order valence-electron chi connectivity index (χ2n) is 7.34. The van der Waals surface area contributed by atoms with Gasteiger partial charge in [-0.2, -0.15) is 0 Å². The van der Waals surface area contributed by atoms with Crippen LogP contribution in [0.25, 0.3) is 0 Å². The van der Waals surface area contributed by atoms with Crippen LogP contribution in [0, 0.1) is 0 Å². The normalized spacial score (nSPS) is 12.9. The maximum Gasteiger partial charge on any atom is 0.338 e. The first-order valence-electron chi connectivity index (χ1n) is 10.1. The quantitative estimate of drug-likeness (QED) is 0.611. The zero-order valence-corrected chi connectivity index (χ0v) is 18.0. The van der Waals surface area contributed by atoms with Gasteiger partial charge in [0.1, 0.15) is 5.75 Å². The number of ether oxygens (including phenoxy) is 2. The number of esters is 1. The van der Waals surface area contributed by atoms with Gasteiger partial charge >= 0.3 is 5.97 Å². The second-order valence-corrected chi connectivity index (χ2v) is 7.34. The molecule has 0 atom stereocenters. The number of nitrogens with one attached hydrogen (secondary N) is 2. The minimum absolute atomic E-state index is 0.138. The molecular formula is C23H25N3O6. The van der Waals surface area contributed by atoms with E-state index < -0.39 is 18.5 Å². The summed E-state index contributed by atoms with van der Waals surface area (Å²) in [5.74, 6) is -0.910. The first-order chi connectivity index (χ1) is 15.4. The number of rotatable bonds is 8. The zero-order valence-electron chi connectivity index (χ0n) is 18.0. The van der Waals surface area contributed by atoms with E-state index in [9.17, 15) is 19.2 Å². The molecule has 0 unspecified atom stereocenters. The number of hydrogen-bond acceptors (Lipinski definition) is 6. The molecule has 2 N–H and O–H groups in total. The van der Waals surface area contributed by atoms with Gasteiger partial charge in [-0.1, -0.05) is 12.1 Å². The molecule has 0 aliphatic carbocycles. The molecule has 0 bridgehead atoms. The van der Waals surface area contributed by atoms with E-state index in [0.717, 1.165) is 18.5 Å². The lowest BCUT2D eigenvalue weighted by Crippen LogP contribution is -2.24. The van der Waals surface area contributed by atoms with E-state index in [1.165, 1.54) is 14.0 Å². The number of methoxy groups -OCH3 is 1. The fourth-order valence-corrected chi connectivity index (χ4v) is 3.33. The lowest BCUT2D eigenvalue weighted by atomic mass is 10.1. The van der Waals surface area contributed by atoms with E-state index in [4.69, 9.17) is 9.47 Å². The third kappa shape index (κ3) is 6.07. The van der Waals surface area contributed by atoms with Crippen LogP contribution in [-0.2, 0) is 25.7 Å². The highest BCUT2D eigenvalue weighted by Crippen LogP contribution is 2.27. The fraction of sp³-hybridized carbons (Fsp3) is 0.304. The molecular weight excluding hydrogens is 414 g/mol. The molecule has 2 aromatic rings. The smallest absolute Gasteiger partial charge is 0.338 e. The summed E-state index contributed by atoms with van der Waals surface area (Å²) in [6.45, 7) is 2.14. The van der Waals surface area contributed by atoms with Crippen molar-refractivity contribution in [2.24, 2.45) is 0 Å². The molecule has 0 saturated carbocycles. The topological polar surface area (TPSA) is 114 Å². The Labute approximate surface area is 185 Å². The predicted octanol–water partition coefficient (Wildman–Crippen LogP) is 2.57. The van der Waals surface area contributed by atoms with E-state index >= 15 is 0 Å². The van der Waals surface area contributed by atoms with E-state index in [-0.39, 0.29) is 11.8 Å². The summed E-state index contributed by atoms with van der Waals surface area (Å²) in [7, 11) is 1.45. The van der Waals surface area contributed by atoms with Crippen LogP contribution in [0.3, 0.4) is 0 Å². The minimum Gasteiger partial charge on any atom is -0.495 e. The van der Waals surface area contributed by atoms with Gasteiger partial charge in [0.2, 0.25) is 11.8 Å². The molecule has 1 fully saturated rings. The van der Waals surface area contributed by atoms with Crippen LogP contribution < -0.4 is 15.4 Å². The molecule has 1 aliphatic rings. The highest BCUT2D eigenvalue weighted by atomic mass is 16.5. The summed E-state index contributed by atoms with van der Waals surface area (Å²) in [5, 5.41) is 5.22. The standard InChI is InChI=1S/C23H25N3O6/c1-15(27)24-18-9-10-20(31-2)19(12-18)25-21(28)14-32-23(30)17-7-5-16(6-8-17)13-26-11-3-4-22(26)29/h5-10,12H,3-4,11,13-14H2,1-2H3,(H,24,27)(H,25,28). The number of carbonyl (C=O) groups excluding carboxylic acids is 4. The van der Waals surface area contributed by atoms with Crippen molar-refractivity contribution in [3.05, 3.63) is 53.6 Å². The number of nitrogens with zero attached hydrogens (tertiary/aromatic N) is 1. The molecule has 3 amide bonds. The van der Waals surface area contributed by atoms with Crippen molar-refractivity contribution in [3.63, 3.8) is 0 Å². The van der Waals surface area contributed by atoms with Crippen LogP contribution in [0.5, 0.6) is 5.75 Å². The van der Waals surface area contributed by atoms with Crippen molar-refractivity contribution >= 4 is 35.1 Å². The Bertz CT molecular complexity index is 1020. The molecule has 0 aromatic heterocycles. The van der Waals surface area contributed by atoms with Crippen molar-refractivity contribution in [1.29, 1.82) is 0 Å². The maximum atomic E-state index is 12.3. The maximum absolute atomic E-state index is 12.3. The highest BCUT2D eigenvalue weighted by molar-refractivity contribution is 5.97. The summed E-state index contributed by atoms with van der Waals surface area (Å²) in [6.07, 6.45) is 1.45. The Morgan fingerprint density at radius 2 is 1.81 bits per heavy atom. The van der Waals surface area contributed by atoms with Gasteiger partial charge in [0.05, 0.1) is 18.4 Å². The first kappa shape index (κ1) is 22.8. The molecule has 1 aliphatic heterocycles. The Morgan fingerprint density at radius 3 is 2.44 bits per heavy atom. The molecule has 2 aromatic carbocycles. The van der Waals surface area contributed by atoms with E-state index in [1.807, 2.05) is 0 Å². The summed E-state index contributed by atoms with van der Waals surface area (Å²) in [4.78, 5) is 49.3. The average molecular weight is 439 g/mol. The third-order valence-electron chi connectivity index (χ3n) is 4.86. The second kappa shape index (κ2) is 10.4. The zero-order chi connectivity index (χ0) is 23.1. The van der Waals surface area contributed by atoms with Gasteiger partial charge in [-0.25, -0.2) is 4.79 Å². The molecule has 168 valence electrons. The summed E-state index contributed by atoms with van der Waals surface area (Å²) >= 11 is 0. The van der Waals surface area contributed by atoms with Crippen molar-refractivity contribution in [2.45, 2.75) is 26.3 Å². The lowest BCUT2D eigenvalue weighted by Gasteiger charge is -2.15.